The molecule has 1 N–H and O–H groups in total. The van der Waals surface area contributed by atoms with Crippen LogP contribution in [0.25, 0.3) is 0 Å². The van der Waals surface area contributed by atoms with Gasteiger partial charge in [0.25, 0.3) is 0 Å². The minimum absolute atomic E-state index is 0.233. The van der Waals surface area contributed by atoms with E-state index in [2.05, 4.69) is 56.6 Å². The fourth-order valence-electron chi connectivity index (χ4n) is 3.07. The molecule has 3 atom stereocenters. The SMILES string of the molecule is CSC1CCCC(NC(C)c2ccc(OC(C)C)cc2)C1. The molecule has 118 valence electrons. The second kappa shape index (κ2) is 8.09. The van der Waals surface area contributed by atoms with E-state index in [0.29, 0.717) is 12.1 Å². The van der Waals surface area contributed by atoms with Gasteiger partial charge in [-0.1, -0.05) is 18.6 Å². The lowest BCUT2D eigenvalue weighted by Crippen LogP contribution is -2.36. The highest BCUT2D eigenvalue weighted by Crippen LogP contribution is 2.28. The first-order valence-corrected chi connectivity index (χ1v) is 9.42. The van der Waals surface area contributed by atoms with Gasteiger partial charge in [0.2, 0.25) is 0 Å². The van der Waals surface area contributed by atoms with Crippen LogP contribution in [-0.2, 0) is 0 Å². The van der Waals surface area contributed by atoms with E-state index in [4.69, 9.17) is 4.74 Å². The van der Waals surface area contributed by atoms with Gasteiger partial charge in [0.1, 0.15) is 5.75 Å². The van der Waals surface area contributed by atoms with Crippen molar-refractivity contribution in [3.05, 3.63) is 29.8 Å². The second-order valence-corrected chi connectivity index (χ2v) is 7.48. The first-order chi connectivity index (χ1) is 10.1. The molecular formula is C18H29NOS. The third kappa shape index (κ3) is 5.23. The first-order valence-electron chi connectivity index (χ1n) is 8.14. The van der Waals surface area contributed by atoms with Crippen LogP contribution in [0.5, 0.6) is 5.75 Å². The van der Waals surface area contributed by atoms with Gasteiger partial charge in [0.05, 0.1) is 6.10 Å². The lowest BCUT2D eigenvalue weighted by atomic mass is 9.93. The maximum Gasteiger partial charge on any atom is 0.119 e. The summed E-state index contributed by atoms with van der Waals surface area (Å²) in [6.07, 6.45) is 7.84. The van der Waals surface area contributed by atoms with Crippen LogP contribution in [0.1, 0.15) is 58.1 Å². The van der Waals surface area contributed by atoms with E-state index < -0.39 is 0 Å². The molecule has 1 fully saturated rings. The summed E-state index contributed by atoms with van der Waals surface area (Å²) in [5.74, 6) is 0.959. The zero-order valence-corrected chi connectivity index (χ0v) is 14.6. The molecule has 3 heteroatoms. The van der Waals surface area contributed by atoms with E-state index in [1.807, 2.05) is 11.8 Å². The molecular weight excluding hydrogens is 278 g/mol. The maximum atomic E-state index is 5.70. The van der Waals surface area contributed by atoms with Gasteiger partial charge < -0.3 is 10.1 Å². The maximum absolute atomic E-state index is 5.70. The third-order valence-corrected chi connectivity index (χ3v) is 5.29. The van der Waals surface area contributed by atoms with Crippen LogP contribution < -0.4 is 10.1 Å². The van der Waals surface area contributed by atoms with Gasteiger partial charge in [-0.2, -0.15) is 11.8 Å². The first kappa shape index (κ1) is 16.7. The molecule has 0 bridgehead atoms. The molecule has 0 aliphatic heterocycles. The summed E-state index contributed by atoms with van der Waals surface area (Å²) in [5.41, 5.74) is 1.34. The van der Waals surface area contributed by atoms with Crippen LogP contribution >= 0.6 is 11.8 Å². The monoisotopic (exact) mass is 307 g/mol. The molecule has 0 radical (unpaired) electrons. The van der Waals surface area contributed by atoms with Crippen molar-refractivity contribution in [1.29, 1.82) is 0 Å². The van der Waals surface area contributed by atoms with Gasteiger partial charge in [-0.25, -0.2) is 0 Å². The van der Waals surface area contributed by atoms with Crippen molar-refractivity contribution in [2.75, 3.05) is 6.26 Å². The highest BCUT2D eigenvalue weighted by molar-refractivity contribution is 7.99. The number of hydrogen-bond donors (Lipinski definition) is 1. The van der Waals surface area contributed by atoms with Crippen LogP contribution in [0.3, 0.4) is 0 Å². The zero-order chi connectivity index (χ0) is 15.2. The van der Waals surface area contributed by atoms with Gasteiger partial charge in [-0.15, -0.1) is 0 Å². The van der Waals surface area contributed by atoms with Crippen molar-refractivity contribution in [3.63, 3.8) is 0 Å². The standard InChI is InChI=1S/C18H29NOS/c1-13(2)20-17-10-8-15(9-11-17)14(3)19-16-6-5-7-18(12-16)21-4/h8-11,13-14,16,18-19H,5-7,12H2,1-4H3. The summed E-state index contributed by atoms with van der Waals surface area (Å²) in [7, 11) is 0. The number of rotatable bonds is 6. The van der Waals surface area contributed by atoms with Crippen LogP contribution in [-0.4, -0.2) is 23.7 Å². The molecule has 0 heterocycles. The lowest BCUT2D eigenvalue weighted by molar-refractivity contribution is 0.242. The van der Waals surface area contributed by atoms with E-state index in [1.165, 1.54) is 31.2 Å². The Morgan fingerprint density at radius 1 is 1.14 bits per heavy atom. The normalized spacial score (nSPS) is 24.0. The Labute approximate surface area is 134 Å². The van der Waals surface area contributed by atoms with Gasteiger partial charge in [-0.3, -0.25) is 0 Å². The van der Waals surface area contributed by atoms with Gasteiger partial charge in [0.15, 0.2) is 0 Å². The number of benzene rings is 1. The molecule has 0 aromatic heterocycles. The lowest BCUT2D eigenvalue weighted by Gasteiger charge is -2.31. The van der Waals surface area contributed by atoms with E-state index in [-0.39, 0.29) is 6.10 Å². The molecule has 1 aromatic carbocycles. The predicted molar refractivity (Wildman–Crippen MR) is 93.3 cm³/mol. The molecule has 1 aliphatic rings. The number of nitrogens with one attached hydrogen (secondary N) is 1. The summed E-state index contributed by atoms with van der Waals surface area (Å²) in [6, 6.07) is 9.61. The largest absolute Gasteiger partial charge is 0.491 e. The number of ether oxygens (including phenoxy) is 1. The van der Waals surface area contributed by atoms with Crippen molar-refractivity contribution in [2.24, 2.45) is 0 Å². The van der Waals surface area contributed by atoms with Crippen molar-refractivity contribution < 1.29 is 4.74 Å². The average molecular weight is 308 g/mol. The average Bonchev–Trinajstić information content (AvgIpc) is 2.47. The summed E-state index contributed by atoms with van der Waals surface area (Å²) in [4.78, 5) is 0. The van der Waals surface area contributed by atoms with Crippen LogP contribution in [0.15, 0.2) is 24.3 Å². The summed E-state index contributed by atoms with van der Waals surface area (Å²) < 4.78 is 5.70. The van der Waals surface area contributed by atoms with E-state index in [9.17, 15) is 0 Å². The van der Waals surface area contributed by atoms with Crippen molar-refractivity contribution >= 4 is 11.8 Å². The topological polar surface area (TPSA) is 21.3 Å². The fourth-order valence-corrected chi connectivity index (χ4v) is 3.89. The smallest absolute Gasteiger partial charge is 0.119 e. The molecule has 2 nitrogen and oxygen atoms in total. The Morgan fingerprint density at radius 2 is 1.86 bits per heavy atom. The fraction of sp³-hybridized carbons (Fsp3) is 0.667. The number of thioether (sulfide) groups is 1. The van der Waals surface area contributed by atoms with E-state index in [1.54, 1.807) is 0 Å². The molecule has 1 saturated carbocycles. The Bertz CT molecular complexity index is 418. The van der Waals surface area contributed by atoms with Gasteiger partial charge in [0, 0.05) is 17.3 Å². The van der Waals surface area contributed by atoms with Crippen LogP contribution in [0.2, 0.25) is 0 Å². The molecule has 1 aromatic rings. The molecule has 0 saturated heterocycles. The van der Waals surface area contributed by atoms with Crippen LogP contribution in [0.4, 0.5) is 0 Å². The molecule has 0 spiro atoms. The third-order valence-electron chi connectivity index (χ3n) is 4.20. The van der Waals surface area contributed by atoms with Crippen molar-refractivity contribution in [3.8, 4) is 5.75 Å². The molecule has 0 amide bonds. The van der Waals surface area contributed by atoms with Crippen LogP contribution in [0, 0.1) is 0 Å². The summed E-state index contributed by atoms with van der Waals surface area (Å²) in [6.45, 7) is 6.38. The highest BCUT2D eigenvalue weighted by Gasteiger charge is 2.22. The van der Waals surface area contributed by atoms with E-state index in [0.717, 1.165) is 11.0 Å². The van der Waals surface area contributed by atoms with E-state index >= 15 is 0 Å². The molecule has 2 rings (SSSR count). The Kier molecular flexibility index (Phi) is 6.43. The quantitative estimate of drug-likeness (QED) is 0.816. The minimum atomic E-state index is 0.233. The predicted octanol–water partition coefficient (Wildman–Crippen LogP) is 4.80. The Hall–Kier alpha value is -0.670. The zero-order valence-electron chi connectivity index (χ0n) is 13.8. The second-order valence-electron chi connectivity index (χ2n) is 6.35. The summed E-state index contributed by atoms with van der Waals surface area (Å²) in [5, 5.41) is 4.64. The van der Waals surface area contributed by atoms with Crippen molar-refractivity contribution in [1.82, 2.24) is 5.32 Å². The molecule has 3 unspecified atom stereocenters. The summed E-state index contributed by atoms with van der Waals surface area (Å²) >= 11 is 2.02. The van der Waals surface area contributed by atoms with Gasteiger partial charge in [-0.05, 0) is 64.0 Å². The Morgan fingerprint density at radius 3 is 2.48 bits per heavy atom. The Balaban J connectivity index is 1.89. The van der Waals surface area contributed by atoms with Gasteiger partial charge >= 0.3 is 0 Å². The minimum Gasteiger partial charge on any atom is -0.491 e. The van der Waals surface area contributed by atoms with Crippen molar-refractivity contribution in [2.45, 2.75) is 69.9 Å². The molecule has 21 heavy (non-hydrogen) atoms. The molecule has 1 aliphatic carbocycles. The number of hydrogen-bond acceptors (Lipinski definition) is 3. The highest BCUT2D eigenvalue weighted by atomic mass is 32.2.